The number of rotatable bonds is 6. The van der Waals surface area contributed by atoms with E-state index in [1.807, 2.05) is 60.7 Å². The lowest BCUT2D eigenvalue weighted by Gasteiger charge is -2.42. The fourth-order valence-electron chi connectivity index (χ4n) is 4.55. The van der Waals surface area contributed by atoms with Crippen LogP contribution in [-0.4, -0.2) is 43.4 Å². The molecule has 7 heteroatoms. The molecular weight excluding hydrogens is 450 g/mol. The molecule has 1 fully saturated rings. The van der Waals surface area contributed by atoms with Crippen molar-refractivity contribution in [2.75, 3.05) is 18.8 Å². The van der Waals surface area contributed by atoms with Gasteiger partial charge in [-0.25, -0.2) is 13.2 Å². The number of sulfone groups is 1. The van der Waals surface area contributed by atoms with E-state index >= 15 is 0 Å². The number of amides is 1. The van der Waals surface area contributed by atoms with Gasteiger partial charge < -0.3 is 14.7 Å². The van der Waals surface area contributed by atoms with Crippen LogP contribution < -0.4 is 4.74 Å². The summed E-state index contributed by atoms with van der Waals surface area (Å²) >= 11 is 0. The van der Waals surface area contributed by atoms with Crippen molar-refractivity contribution in [3.05, 3.63) is 96.1 Å². The van der Waals surface area contributed by atoms with Crippen LogP contribution in [0.1, 0.15) is 30.9 Å². The third-order valence-electron chi connectivity index (χ3n) is 6.54. The van der Waals surface area contributed by atoms with Gasteiger partial charge in [0, 0.05) is 13.1 Å². The highest BCUT2D eigenvalue weighted by Gasteiger charge is 2.42. The summed E-state index contributed by atoms with van der Waals surface area (Å²) in [4.78, 5) is 14.6. The van der Waals surface area contributed by atoms with Crippen molar-refractivity contribution in [1.29, 1.82) is 0 Å². The molecule has 3 aromatic rings. The zero-order chi connectivity index (χ0) is 24.2. The predicted molar refractivity (Wildman–Crippen MR) is 130 cm³/mol. The van der Waals surface area contributed by atoms with Crippen molar-refractivity contribution in [3.63, 3.8) is 0 Å². The van der Waals surface area contributed by atoms with Crippen LogP contribution in [0.3, 0.4) is 0 Å². The van der Waals surface area contributed by atoms with E-state index in [4.69, 9.17) is 4.74 Å². The smallest absolute Gasteiger partial charge is 0.410 e. The number of hydrogen-bond acceptors (Lipinski definition) is 5. The first-order valence-corrected chi connectivity index (χ1v) is 13.1. The Labute approximate surface area is 200 Å². The molecule has 1 aliphatic rings. The maximum atomic E-state index is 12.7. The van der Waals surface area contributed by atoms with E-state index in [0.29, 0.717) is 31.7 Å². The lowest BCUT2D eigenvalue weighted by Crippen LogP contribution is -2.46. The molecule has 0 unspecified atom stereocenters. The van der Waals surface area contributed by atoms with E-state index in [0.717, 1.165) is 11.1 Å². The van der Waals surface area contributed by atoms with E-state index in [2.05, 4.69) is 0 Å². The largest absolute Gasteiger partial charge is 0.415 e. The second-order valence-electron chi connectivity index (χ2n) is 8.50. The summed E-state index contributed by atoms with van der Waals surface area (Å²) in [5.41, 5.74) is 0.521. The highest BCUT2D eigenvalue weighted by atomic mass is 32.2. The number of carbonyl (C=O) groups excluding carboxylic acids is 1. The Kier molecular flexibility index (Phi) is 7.05. The summed E-state index contributed by atoms with van der Waals surface area (Å²) in [5, 5.41) is 12.0. The van der Waals surface area contributed by atoms with Gasteiger partial charge in [-0.1, -0.05) is 67.6 Å². The maximum absolute atomic E-state index is 12.7. The van der Waals surface area contributed by atoms with E-state index in [9.17, 15) is 18.3 Å². The first-order valence-electron chi connectivity index (χ1n) is 11.5. The molecule has 1 aliphatic heterocycles. The van der Waals surface area contributed by atoms with Gasteiger partial charge in [0.15, 0.2) is 9.84 Å². The SMILES string of the molecule is CCS(=O)(=O)c1ccc(OC(=O)N2CCC(C(O)(c3ccccc3)c3ccccc3)CC2)cc1. The summed E-state index contributed by atoms with van der Waals surface area (Å²) in [5.74, 6) is 0.242. The lowest BCUT2D eigenvalue weighted by atomic mass is 9.72. The van der Waals surface area contributed by atoms with Crippen LogP contribution in [0.5, 0.6) is 5.75 Å². The average Bonchev–Trinajstić information content (AvgIpc) is 2.89. The molecule has 0 spiro atoms. The number of benzene rings is 3. The van der Waals surface area contributed by atoms with Gasteiger partial charge >= 0.3 is 6.09 Å². The first-order chi connectivity index (χ1) is 16.3. The standard InChI is InChI=1S/C27H29NO5S/c1-2-34(31,32)25-15-13-24(14-16-25)33-26(29)28-19-17-23(18-20-28)27(30,21-9-5-3-6-10-21)22-11-7-4-8-12-22/h3-16,23,30H,2,17-20H2,1H3. The van der Waals surface area contributed by atoms with Crippen LogP contribution in [0.25, 0.3) is 0 Å². The molecule has 1 N–H and O–H groups in total. The van der Waals surface area contributed by atoms with Crippen LogP contribution in [0, 0.1) is 5.92 Å². The first kappa shape index (κ1) is 24.0. The fourth-order valence-corrected chi connectivity index (χ4v) is 5.43. The molecule has 1 saturated heterocycles. The Morgan fingerprint density at radius 1 is 0.912 bits per heavy atom. The molecule has 1 amide bonds. The monoisotopic (exact) mass is 479 g/mol. The van der Waals surface area contributed by atoms with Gasteiger partial charge in [0.25, 0.3) is 0 Å². The minimum atomic E-state index is -3.30. The van der Waals surface area contributed by atoms with Crippen LogP contribution in [0.15, 0.2) is 89.8 Å². The summed E-state index contributed by atoms with van der Waals surface area (Å²) < 4.78 is 29.4. The summed E-state index contributed by atoms with van der Waals surface area (Å²) in [7, 11) is -3.30. The Hall–Kier alpha value is -3.16. The van der Waals surface area contributed by atoms with Crippen molar-refractivity contribution in [3.8, 4) is 5.75 Å². The zero-order valence-corrected chi connectivity index (χ0v) is 19.9. The Morgan fingerprint density at radius 2 is 1.41 bits per heavy atom. The Morgan fingerprint density at radius 3 is 1.88 bits per heavy atom. The minimum absolute atomic E-state index is 0.0133. The van der Waals surface area contributed by atoms with E-state index in [1.54, 1.807) is 11.8 Å². The zero-order valence-electron chi connectivity index (χ0n) is 19.1. The average molecular weight is 480 g/mol. The van der Waals surface area contributed by atoms with Crippen LogP contribution in [0.2, 0.25) is 0 Å². The quantitative estimate of drug-likeness (QED) is 0.557. The van der Waals surface area contributed by atoms with Crippen molar-refractivity contribution >= 4 is 15.9 Å². The van der Waals surface area contributed by atoms with Crippen LogP contribution in [0.4, 0.5) is 4.79 Å². The van der Waals surface area contributed by atoms with Gasteiger partial charge in [-0.15, -0.1) is 0 Å². The van der Waals surface area contributed by atoms with Gasteiger partial charge in [-0.05, 0) is 54.2 Å². The summed E-state index contributed by atoms with van der Waals surface area (Å²) in [6, 6.07) is 25.2. The Bertz CT molecular complexity index is 1160. The van der Waals surface area contributed by atoms with E-state index < -0.39 is 21.5 Å². The number of hydrogen-bond donors (Lipinski definition) is 1. The molecule has 34 heavy (non-hydrogen) atoms. The Balaban J connectivity index is 1.45. The summed E-state index contributed by atoms with van der Waals surface area (Å²) in [6.07, 6.45) is 0.749. The van der Waals surface area contributed by atoms with Crippen LogP contribution in [-0.2, 0) is 15.4 Å². The van der Waals surface area contributed by atoms with Crippen molar-refractivity contribution in [2.24, 2.45) is 5.92 Å². The predicted octanol–water partition coefficient (Wildman–Crippen LogP) is 4.63. The molecule has 6 nitrogen and oxygen atoms in total. The molecule has 178 valence electrons. The number of nitrogens with zero attached hydrogens (tertiary/aromatic N) is 1. The maximum Gasteiger partial charge on any atom is 0.415 e. The summed E-state index contributed by atoms with van der Waals surface area (Å²) in [6.45, 7) is 2.49. The van der Waals surface area contributed by atoms with Gasteiger partial charge in [0.1, 0.15) is 11.4 Å². The van der Waals surface area contributed by atoms with Crippen molar-refractivity contribution in [1.82, 2.24) is 4.90 Å². The van der Waals surface area contributed by atoms with Crippen molar-refractivity contribution in [2.45, 2.75) is 30.3 Å². The third-order valence-corrected chi connectivity index (χ3v) is 8.29. The third kappa shape index (κ3) is 4.86. The van der Waals surface area contributed by atoms with Gasteiger partial charge in [0.2, 0.25) is 0 Å². The topological polar surface area (TPSA) is 83.9 Å². The molecule has 0 saturated carbocycles. The number of likely N-dealkylation sites (tertiary alicyclic amines) is 1. The molecule has 4 rings (SSSR count). The minimum Gasteiger partial charge on any atom is -0.410 e. The number of ether oxygens (including phenoxy) is 1. The molecule has 0 radical (unpaired) electrons. The highest BCUT2D eigenvalue weighted by Crippen LogP contribution is 2.42. The molecule has 1 heterocycles. The number of carbonyl (C=O) groups is 1. The van der Waals surface area contributed by atoms with Crippen LogP contribution >= 0.6 is 0 Å². The molecule has 0 aromatic heterocycles. The van der Waals surface area contributed by atoms with Gasteiger partial charge in [-0.2, -0.15) is 0 Å². The highest BCUT2D eigenvalue weighted by molar-refractivity contribution is 7.91. The molecule has 3 aromatic carbocycles. The van der Waals surface area contributed by atoms with Crippen molar-refractivity contribution < 1.29 is 23.1 Å². The van der Waals surface area contributed by atoms with E-state index in [-0.39, 0.29) is 16.6 Å². The fraction of sp³-hybridized carbons (Fsp3) is 0.296. The second kappa shape index (κ2) is 9.99. The molecule has 0 aliphatic carbocycles. The molecule has 0 atom stereocenters. The molecule has 0 bridgehead atoms. The number of piperidine rings is 1. The van der Waals surface area contributed by atoms with Gasteiger partial charge in [0.05, 0.1) is 10.6 Å². The second-order valence-corrected chi connectivity index (χ2v) is 10.8. The number of aliphatic hydroxyl groups is 1. The lowest BCUT2D eigenvalue weighted by molar-refractivity contribution is -0.0115. The molecular formula is C27H29NO5S. The van der Waals surface area contributed by atoms with E-state index in [1.165, 1.54) is 24.3 Å². The normalized spacial score (nSPS) is 15.2. The van der Waals surface area contributed by atoms with Gasteiger partial charge in [-0.3, -0.25) is 0 Å².